The molecule has 0 saturated heterocycles. The second-order valence-electron chi connectivity index (χ2n) is 4.35. The second kappa shape index (κ2) is 6.44. The van der Waals surface area contributed by atoms with Gasteiger partial charge in [-0.25, -0.2) is 4.39 Å². The van der Waals surface area contributed by atoms with E-state index in [0.717, 1.165) is 0 Å². The Bertz CT molecular complexity index is 595. The van der Waals surface area contributed by atoms with E-state index in [2.05, 4.69) is 0 Å². The minimum atomic E-state index is -0.725. The molecule has 106 valence electrons. The molecule has 1 atom stereocenters. The molecule has 1 unspecified atom stereocenters. The van der Waals surface area contributed by atoms with Crippen molar-refractivity contribution < 1.29 is 14.2 Å². The van der Waals surface area contributed by atoms with Crippen LogP contribution < -0.4 is 4.74 Å². The summed E-state index contributed by atoms with van der Waals surface area (Å²) in [6.07, 6.45) is -0.725. The number of hydrogen-bond acceptors (Lipinski definition) is 2. The highest BCUT2D eigenvalue weighted by atomic mass is 35.5. The highest BCUT2D eigenvalue weighted by Crippen LogP contribution is 2.27. The van der Waals surface area contributed by atoms with Gasteiger partial charge in [-0.15, -0.1) is 0 Å². The van der Waals surface area contributed by atoms with E-state index < -0.39 is 11.9 Å². The smallest absolute Gasteiger partial charge is 0.165 e. The molecule has 2 aromatic rings. The largest absolute Gasteiger partial charge is 0.486 e. The molecule has 2 aromatic carbocycles. The molecule has 0 aromatic heterocycles. The van der Waals surface area contributed by atoms with Gasteiger partial charge in [0.1, 0.15) is 6.61 Å². The molecule has 0 aliphatic rings. The van der Waals surface area contributed by atoms with E-state index >= 15 is 0 Å². The van der Waals surface area contributed by atoms with Crippen molar-refractivity contribution >= 4 is 23.2 Å². The second-order valence-corrected chi connectivity index (χ2v) is 5.17. The predicted octanol–water partition coefficient (Wildman–Crippen LogP) is 4.76. The molecule has 0 heterocycles. The fourth-order valence-electron chi connectivity index (χ4n) is 1.71. The summed E-state index contributed by atoms with van der Waals surface area (Å²) in [6.45, 7) is 1.64. The Labute approximate surface area is 126 Å². The van der Waals surface area contributed by atoms with Crippen LogP contribution in [-0.4, -0.2) is 5.11 Å². The number of aliphatic hydroxyl groups excluding tert-OH is 1. The summed E-state index contributed by atoms with van der Waals surface area (Å²) in [6, 6.07) is 9.44. The zero-order valence-corrected chi connectivity index (χ0v) is 12.2. The monoisotopic (exact) mass is 314 g/mol. The first kappa shape index (κ1) is 15.1. The molecule has 0 fully saturated rings. The van der Waals surface area contributed by atoms with Crippen molar-refractivity contribution in [3.8, 4) is 5.75 Å². The van der Waals surface area contributed by atoms with Crippen molar-refractivity contribution in [1.29, 1.82) is 0 Å². The lowest BCUT2D eigenvalue weighted by Gasteiger charge is -2.11. The Balaban J connectivity index is 2.15. The average molecular weight is 315 g/mol. The number of halogens is 3. The fourth-order valence-corrected chi connectivity index (χ4v) is 2.22. The Morgan fingerprint density at radius 2 is 1.85 bits per heavy atom. The quantitative estimate of drug-likeness (QED) is 0.881. The molecule has 0 radical (unpaired) electrons. The first-order chi connectivity index (χ1) is 9.49. The average Bonchev–Trinajstić information content (AvgIpc) is 2.39. The molecule has 5 heteroatoms. The Kier molecular flexibility index (Phi) is 4.86. The number of rotatable bonds is 4. The topological polar surface area (TPSA) is 29.5 Å². The van der Waals surface area contributed by atoms with E-state index in [1.54, 1.807) is 31.2 Å². The Morgan fingerprint density at radius 3 is 2.40 bits per heavy atom. The first-order valence-electron chi connectivity index (χ1n) is 6.02. The molecule has 20 heavy (non-hydrogen) atoms. The third-order valence-corrected chi connectivity index (χ3v) is 3.58. The van der Waals surface area contributed by atoms with Gasteiger partial charge in [0.05, 0.1) is 6.10 Å². The van der Waals surface area contributed by atoms with Crippen LogP contribution in [0.15, 0.2) is 36.4 Å². The van der Waals surface area contributed by atoms with Gasteiger partial charge in [-0.1, -0.05) is 35.3 Å². The lowest BCUT2D eigenvalue weighted by molar-refractivity contribution is 0.198. The lowest BCUT2D eigenvalue weighted by atomic mass is 10.1. The SMILES string of the molecule is CC(O)c1ccc(OCc2c(Cl)cccc2Cl)c(F)c1. The Morgan fingerprint density at radius 1 is 1.20 bits per heavy atom. The third kappa shape index (κ3) is 3.42. The maximum atomic E-state index is 13.8. The summed E-state index contributed by atoms with van der Waals surface area (Å²) in [5.74, 6) is -0.447. The summed E-state index contributed by atoms with van der Waals surface area (Å²) in [5.41, 5.74) is 1.10. The van der Waals surface area contributed by atoms with Gasteiger partial charge in [0, 0.05) is 15.6 Å². The minimum Gasteiger partial charge on any atom is -0.486 e. The van der Waals surface area contributed by atoms with Gasteiger partial charge in [0.25, 0.3) is 0 Å². The van der Waals surface area contributed by atoms with Gasteiger partial charge in [-0.2, -0.15) is 0 Å². The molecule has 0 bridgehead atoms. The summed E-state index contributed by atoms with van der Waals surface area (Å²) < 4.78 is 19.2. The molecule has 0 amide bonds. The van der Waals surface area contributed by atoms with E-state index in [1.165, 1.54) is 12.1 Å². The molecule has 2 rings (SSSR count). The van der Waals surface area contributed by atoms with Gasteiger partial charge in [0.15, 0.2) is 11.6 Å². The van der Waals surface area contributed by atoms with E-state index in [-0.39, 0.29) is 12.4 Å². The number of aliphatic hydroxyl groups is 1. The van der Waals surface area contributed by atoms with Crippen molar-refractivity contribution in [2.24, 2.45) is 0 Å². The van der Waals surface area contributed by atoms with E-state index in [4.69, 9.17) is 27.9 Å². The number of hydrogen-bond donors (Lipinski definition) is 1. The highest BCUT2D eigenvalue weighted by molar-refractivity contribution is 6.35. The van der Waals surface area contributed by atoms with E-state index in [0.29, 0.717) is 21.2 Å². The molecule has 0 spiro atoms. The maximum Gasteiger partial charge on any atom is 0.165 e. The molecular weight excluding hydrogens is 302 g/mol. The molecule has 0 saturated carbocycles. The van der Waals surface area contributed by atoms with Gasteiger partial charge in [-0.05, 0) is 36.8 Å². The van der Waals surface area contributed by atoms with Crippen LogP contribution in [0.2, 0.25) is 10.0 Å². The van der Waals surface area contributed by atoms with Crippen LogP contribution in [0.3, 0.4) is 0 Å². The molecule has 0 aliphatic carbocycles. The van der Waals surface area contributed by atoms with Crippen LogP contribution in [-0.2, 0) is 6.61 Å². The summed E-state index contributed by atoms with van der Waals surface area (Å²) >= 11 is 12.0. The summed E-state index contributed by atoms with van der Waals surface area (Å²) in [4.78, 5) is 0. The van der Waals surface area contributed by atoms with Crippen molar-refractivity contribution in [3.63, 3.8) is 0 Å². The van der Waals surface area contributed by atoms with Crippen LogP contribution in [0, 0.1) is 5.82 Å². The molecule has 0 aliphatic heterocycles. The summed E-state index contributed by atoms with van der Waals surface area (Å²) in [5, 5.41) is 10.3. The molecular formula is C15H13Cl2FO2. The van der Waals surface area contributed by atoms with Gasteiger partial charge in [0.2, 0.25) is 0 Å². The number of benzene rings is 2. The van der Waals surface area contributed by atoms with Gasteiger partial charge in [-0.3, -0.25) is 0 Å². The van der Waals surface area contributed by atoms with Crippen molar-refractivity contribution in [1.82, 2.24) is 0 Å². The van der Waals surface area contributed by atoms with Crippen molar-refractivity contribution in [3.05, 3.63) is 63.4 Å². The van der Waals surface area contributed by atoms with Crippen LogP contribution in [0.1, 0.15) is 24.2 Å². The van der Waals surface area contributed by atoms with Crippen LogP contribution in [0.5, 0.6) is 5.75 Å². The lowest BCUT2D eigenvalue weighted by Crippen LogP contribution is -2.00. The van der Waals surface area contributed by atoms with E-state index in [1.807, 2.05) is 0 Å². The van der Waals surface area contributed by atoms with Gasteiger partial charge >= 0.3 is 0 Å². The zero-order chi connectivity index (χ0) is 14.7. The fraction of sp³-hybridized carbons (Fsp3) is 0.200. The van der Waals surface area contributed by atoms with Gasteiger partial charge < -0.3 is 9.84 Å². The highest BCUT2D eigenvalue weighted by Gasteiger charge is 2.10. The zero-order valence-electron chi connectivity index (χ0n) is 10.7. The third-order valence-electron chi connectivity index (χ3n) is 2.87. The standard InChI is InChI=1S/C15H13Cl2FO2/c1-9(19)10-5-6-15(14(18)7-10)20-8-11-12(16)3-2-4-13(11)17/h2-7,9,19H,8H2,1H3. The number of ether oxygens (including phenoxy) is 1. The minimum absolute atomic E-state index is 0.0729. The van der Waals surface area contributed by atoms with Crippen molar-refractivity contribution in [2.75, 3.05) is 0 Å². The molecule has 2 nitrogen and oxygen atoms in total. The van der Waals surface area contributed by atoms with Crippen LogP contribution in [0.4, 0.5) is 4.39 Å². The van der Waals surface area contributed by atoms with Crippen LogP contribution >= 0.6 is 23.2 Å². The maximum absolute atomic E-state index is 13.8. The van der Waals surface area contributed by atoms with Crippen LogP contribution in [0.25, 0.3) is 0 Å². The summed E-state index contributed by atoms with van der Waals surface area (Å²) in [7, 11) is 0. The Hall–Kier alpha value is -1.29. The first-order valence-corrected chi connectivity index (χ1v) is 6.78. The predicted molar refractivity (Wildman–Crippen MR) is 77.8 cm³/mol. The molecule has 1 N–H and O–H groups in total. The van der Waals surface area contributed by atoms with Crippen molar-refractivity contribution in [2.45, 2.75) is 19.6 Å². The van der Waals surface area contributed by atoms with E-state index in [9.17, 15) is 9.50 Å². The normalized spacial score (nSPS) is 12.2.